The van der Waals surface area contributed by atoms with Gasteiger partial charge >= 0.3 is 6.47 Å². The second-order valence-corrected chi connectivity index (χ2v) is 2.86. The highest BCUT2D eigenvalue weighted by Crippen LogP contribution is 2.06. The Morgan fingerprint density at radius 1 is 1.36 bits per heavy atom. The highest BCUT2D eigenvalue weighted by Gasteiger charge is 2.00. The molecule has 2 nitrogen and oxygen atoms in total. The van der Waals surface area contributed by atoms with E-state index in [4.69, 9.17) is 0 Å². The minimum absolute atomic E-state index is 0.0457. The van der Waals surface area contributed by atoms with Gasteiger partial charge in [0.05, 0.1) is 6.10 Å². The molecule has 0 aliphatic rings. The van der Waals surface area contributed by atoms with E-state index in [0.717, 1.165) is 12.8 Å². The molecule has 0 aromatic carbocycles. The van der Waals surface area contributed by atoms with E-state index in [9.17, 15) is 4.79 Å². The fourth-order valence-corrected chi connectivity index (χ4v) is 1.000. The van der Waals surface area contributed by atoms with Crippen LogP contribution < -0.4 is 0 Å². The first kappa shape index (κ1) is 10.5. The van der Waals surface area contributed by atoms with E-state index in [0.29, 0.717) is 0 Å². The zero-order valence-electron chi connectivity index (χ0n) is 7.43. The van der Waals surface area contributed by atoms with Crippen LogP contribution in [0, 0.1) is 0 Å². The summed E-state index contributed by atoms with van der Waals surface area (Å²) in [5.41, 5.74) is 0. The first-order valence-corrected chi connectivity index (χ1v) is 4.34. The monoisotopic (exact) mass is 157 g/mol. The van der Waals surface area contributed by atoms with Gasteiger partial charge in [0, 0.05) is 0 Å². The molecule has 0 aliphatic heterocycles. The second-order valence-electron chi connectivity index (χ2n) is 2.86. The molecule has 11 heavy (non-hydrogen) atoms. The largest absolute Gasteiger partial charge is 0.454 e. The van der Waals surface area contributed by atoms with E-state index in [2.05, 4.69) is 11.7 Å². The molecule has 0 saturated heterocycles. The van der Waals surface area contributed by atoms with Gasteiger partial charge in [0.25, 0.3) is 0 Å². The smallest absolute Gasteiger partial charge is 0.417 e. The number of carbonyl (C=O) groups excluding carboxylic acids is 1. The van der Waals surface area contributed by atoms with Crippen molar-refractivity contribution >= 4 is 6.47 Å². The Morgan fingerprint density at radius 3 is 2.64 bits per heavy atom. The van der Waals surface area contributed by atoms with Crippen molar-refractivity contribution in [2.24, 2.45) is 0 Å². The third-order valence-electron chi connectivity index (χ3n) is 1.71. The molecule has 0 N–H and O–H groups in total. The zero-order chi connectivity index (χ0) is 8.53. The van der Waals surface area contributed by atoms with E-state index < -0.39 is 0 Å². The number of hydrogen-bond donors (Lipinski definition) is 0. The predicted octanol–water partition coefficient (Wildman–Crippen LogP) is 2.43. The molecule has 0 aromatic heterocycles. The Hall–Kier alpha value is -0.530. The number of unbranched alkanes of at least 4 members (excludes halogenated alkanes) is 3. The van der Waals surface area contributed by atoms with E-state index in [1.54, 1.807) is 0 Å². The highest BCUT2D eigenvalue weighted by molar-refractivity contribution is 5.38. The van der Waals surface area contributed by atoms with Gasteiger partial charge < -0.3 is 4.74 Å². The van der Waals surface area contributed by atoms with Gasteiger partial charge in [-0.1, -0.05) is 26.2 Å². The Kier molecular flexibility index (Phi) is 7.21. The van der Waals surface area contributed by atoms with Gasteiger partial charge in [0.2, 0.25) is 0 Å². The summed E-state index contributed by atoms with van der Waals surface area (Å²) in [5.74, 6) is 0. The minimum atomic E-state index is 0.0457. The lowest BCUT2D eigenvalue weighted by atomic mass is 10.1. The maximum Gasteiger partial charge on any atom is 0.417 e. The van der Waals surface area contributed by atoms with Crippen molar-refractivity contribution in [1.29, 1.82) is 0 Å². The van der Waals surface area contributed by atoms with E-state index in [1.165, 1.54) is 25.7 Å². The number of hydrogen-bond acceptors (Lipinski definition) is 2. The fraction of sp³-hybridized carbons (Fsp3) is 0.889. The maximum absolute atomic E-state index is 9.76. The molecule has 0 saturated carbocycles. The minimum Gasteiger partial charge on any atom is -0.454 e. The molecule has 0 aliphatic carbocycles. The van der Waals surface area contributed by atoms with Gasteiger partial charge in [-0.2, -0.15) is 0 Å². The van der Waals surface area contributed by atoms with Crippen molar-refractivity contribution in [3.63, 3.8) is 0 Å². The van der Waals surface area contributed by atoms with Crippen LogP contribution in [0.25, 0.3) is 0 Å². The molecule has 0 amide bonds. The summed E-state index contributed by atoms with van der Waals surface area (Å²) in [6.07, 6.45) is 5.92. The van der Waals surface area contributed by atoms with Crippen LogP contribution in [0.4, 0.5) is 0 Å². The Balaban J connectivity index is 3.03. The van der Waals surface area contributed by atoms with Crippen LogP contribution in [0.2, 0.25) is 0 Å². The molecule has 0 rings (SSSR count). The fourth-order valence-electron chi connectivity index (χ4n) is 1.000. The molecule has 65 valence electrons. The molecular weight excluding hydrogens is 140 g/mol. The lowest BCUT2D eigenvalue weighted by molar-refractivity contribution is 0.181. The van der Waals surface area contributed by atoms with Gasteiger partial charge in [0.1, 0.15) is 0 Å². The number of ether oxygens (including phenoxy) is 1. The van der Waals surface area contributed by atoms with Crippen LogP contribution in [0.15, 0.2) is 0 Å². The molecule has 0 fully saturated rings. The highest BCUT2D eigenvalue weighted by atomic mass is 16.5. The van der Waals surface area contributed by atoms with Crippen molar-refractivity contribution in [2.75, 3.05) is 0 Å². The summed E-state index contributed by atoms with van der Waals surface area (Å²) in [4.78, 5) is 9.76. The molecule has 0 spiro atoms. The Morgan fingerprint density at radius 2 is 2.09 bits per heavy atom. The quantitative estimate of drug-likeness (QED) is 0.530. The van der Waals surface area contributed by atoms with Crippen LogP contribution in [0.3, 0.4) is 0 Å². The summed E-state index contributed by atoms with van der Waals surface area (Å²) in [6, 6.07) is 0. The van der Waals surface area contributed by atoms with Crippen LogP contribution >= 0.6 is 0 Å². The molecular formula is C9H17O2. The third kappa shape index (κ3) is 7.37. The molecule has 0 heterocycles. The summed E-state index contributed by atoms with van der Waals surface area (Å²) in [6.45, 7) is 5.54. The van der Waals surface area contributed by atoms with Gasteiger partial charge in [-0.25, -0.2) is 4.79 Å². The summed E-state index contributed by atoms with van der Waals surface area (Å²) in [5, 5.41) is 0. The van der Waals surface area contributed by atoms with Crippen molar-refractivity contribution in [1.82, 2.24) is 0 Å². The molecule has 0 bridgehead atoms. The second kappa shape index (κ2) is 7.58. The van der Waals surface area contributed by atoms with Crippen molar-refractivity contribution < 1.29 is 9.53 Å². The van der Waals surface area contributed by atoms with E-state index in [1.807, 2.05) is 6.92 Å². The molecule has 0 aromatic rings. The zero-order valence-corrected chi connectivity index (χ0v) is 7.43. The Labute approximate surface area is 68.9 Å². The van der Waals surface area contributed by atoms with Crippen LogP contribution in [-0.2, 0) is 9.53 Å². The average molecular weight is 157 g/mol. The van der Waals surface area contributed by atoms with Crippen molar-refractivity contribution in [3.8, 4) is 0 Å². The van der Waals surface area contributed by atoms with E-state index >= 15 is 0 Å². The first-order valence-electron chi connectivity index (χ1n) is 4.34. The van der Waals surface area contributed by atoms with Crippen molar-refractivity contribution in [2.45, 2.75) is 52.1 Å². The first-order chi connectivity index (χ1) is 5.31. The number of rotatable bonds is 7. The SMILES string of the molecule is CCCCCC[C@@H](C)O[C]=O. The van der Waals surface area contributed by atoms with Crippen LogP contribution in [0.1, 0.15) is 46.0 Å². The predicted molar refractivity (Wildman–Crippen MR) is 45.0 cm³/mol. The standard InChI is InChI=1S/C9H17O2/c1-3-4-5-6-7-9(2)11-8-10/h9H,3-7H2,1-2H3/t9-/m1/s1. The summed E-state index contributed by atoms with van der Waals surface area (Å²) < 4.78 is 4.62. The van der Waals surface area contributed by atoms with Gasteiger partial charge in [-0.3, -0.25) is 0 Å². The molecule has 1 atom stereocenters. The Bertz CT molecular complexity index is 91.6. The third-order valence-corrected chi connectivity index (χ3v) is 1.71. The summed E-state index contributed by atoms with van der Waals surface area (Å²) in [7, 11) is 0. The average Bonchev–Trinajstić information content (AvgIpc) is 1.99. The lowest BCUT2D eigenvalue weighted by Crippen LogP contribution is -2.05. The van der Waals surface area contributed by atoms with Gasteiger partial charge in [-0.15, -0.1) is 0 Å². The van der Waals surface area contributed by atoms with E-state index in [-0.39, 0.29) is 6.10 Å². The van der Waals surface area contributed by atoms with Gasteiger partial charge in [0.15, 0.2) is 0 Å². The van der Waals surface area contributed by atoms with Crippen LogP contribution in [0.5, 0.6) is 0 Å². The molecule has 0 unspecified atom stereocenters. The maximum atomic E-state index is 9.76. The molecule has 2 heteroatoms. The van der Waals surface area contributed by atoms with Gasteiger partial charge in [-0.05, 0) is 19.8 Å². The summed E-state index contributed by atoms with van der Waals surface area (Å²) >= 11 is 0. The lowest BCUT2D eigenvalue weighted by Gasteiger charge is -2.06. The topological polar surface area (TPSA) is 26.3 Å². The molecule has 1 radical (unpaired) electrons. The van der Waals surface area contributed by atoms with Crippen molar-refractivity contribution in [3.05, 3.63) is 0 Å². The van der Waals surface area contributed by atoms with Crippen LogP contribution in [-0.4, -0.2) is 12.6 Å². The normalized spacial score (nSPS) is 12.5.